The number of rotatable bonds is 9. The highest BCUT2D eigenvalue weighted by atomic mass is 16.6. The van der Waals surface area contributed by atoms with Crippen molar-refractivity contribution in [1.29, 1.82) is 0 Å². The highest BCUT2D eigenvalue weighted by molar-refractivity contribution is 5.96. The minimum Gasteiger partial charge on any atom is -0.466 e. The van der Waals surface area contributed by atoms with E-state index < -0.39 is 10.8 Å². The van der Waals surface area contributed by atoms with Crippen molar-refractivity contribution < 1.29 is 19.2 Å². The zero-order chi connectivity index (χ0) is 19.6. The molecule has 8 heteroatoms. The molecule has 27 heavy (non-hydrogen) atoms. The number of esters is 1. The monoisotopic (exact) mass is 371 g/mol. The fourth-order valence-corrected chi connectivity index (χ4v) is 2.38. The topological polar surface area (TPSA) is 111 Å². The van der Waals surface area contributed by atoms with E-state index in [4.69, 9.17) is 4.74 Å². The van der Waals surface area contributed by atoms with Crippen LogP contribution in [0.3, 0.4) is 0 Å². The van der Waals surface area contributed by atoms with Crippen molar-refractivity contribution >= 4 is 28.9 Å². The summed E-state index contributed by atoms with van der Waals surface area (Å²) in [5.74, 6) is -0.757. The van der Waals surface area contributed by atoms with E-state index in [-0.39, 0.29) is 30.2 Å². The molecule has 0 aromatic heterocycles. The maximum atomic E-state index is 12.2. The number of nitro groups is 1. The summed E-state index contributed by atoms with van der Waals surface area (Å²) >= 11 is 0. The van der Waals surface area contributed by atoms with Crippen LogP contribution < -0.4 is 10.6 Å². The third kappa shape index (κ3) is 6.10. The number of hydrogen-bond acceptors (Lipinski definition) is 6. The SMILES string of the molecule is CCOC(=O)CCCNC(=O)c1ccc(Nc2ccccc2)c([N+](=O)[O-])c1. The minimum atomic E-state index is -0.539. The molecule has 0 aliphatic heterocycles. The molecular weight excluding hydrogens is 350 g/mol. The molecule has 0 bridgehead atoms. The largest absolute Gasteiger partial charge is 0.466 e. The standard InChI is InChI=1S/C19H21N3O5/c1-2-27-18(23)9-6-12-20-19(24)14-10-11-16(17(13-14)22(25)26)21-15-7-4-3-5-8-15/h3-5,7-8,10-11,13,21H,2,6,9,12H2,1H3,(H,20,24). The second-order valence-corrected chi connectivity index (χ2v) is 5.64. The Kier molecular flexibility index (Phi) is 7.30. The average Bonchev–Trinajstić information content (AvgIpc) is 2.66. The summed E-state index contributed by atoms with van der Waals surface area (Å²) in [4.78, 5) is 34.3. The lowest BCUT2D eigenvalue weighted by atomic mass is 10.1. The lowest BCUT2D eigenvalue weighted by molar-refractivity contribution is -0.383. The summed E-state index contributed by atoms with van der Waals surface area (Å²) in [5, 5.41) is 17.0. The van der Waals surface area contributed by atoms with Gasteiger partial charge in [0.05, 0.1) is 11.5 Å². The van der Waals surface area contributed by atoms with Gasteiger partial charge in [-0.05, 0) is 37.6 Å². The van der Waals surface area contributed by atoms with Gasteiger partial charge in [-0.15, -0.1) is 0 Å². The predicted octanol–water partition coefficient (Wildman–Crippen LogP) is 3.41. The first-order chi connectivity index (χ1) is 13.0. The molecule has 2 aromatic carbocycles. The van der Waals surface area contributed by atoms with Gasteiger partial charge in [0.15, 0.2) is 0 Å². The zero-order valence-electron chi connectivity index (χ0n) is 14.9. The van der Waals surface area contributed by atoms with Gasteiger partial charge >= 0.3 is 5.97 Å². The van der Waals surface area contributed by atoms with Crippen molar-refractivity contribution in [3.05, 3.63) is 64.2 Å². The Labute approximate surface area is 156 Å². The Morgan fingerprint density at radius 2 is 1.89 bits per heavy atom. The van der Waals surface area contributed by atoms with Gasteiger partial charge in [0, 0.05) is 30.3 Å². The number of benzene rings is 2. The number of carbonyl (C=O) groups excluding carboxylic acids is 2. The number of carbonyl (C=O) groups is 2. The van der Waals surface area contributed by atoms with Gasteiger partial charge in [-0.3, -0.25) is 19.7 Å². The van der Waals surface area contributed by atoms with E-state index in [1.807, 2.05) is 18.2 Å². The van der Waals surface area contributed by atoms with E-state index in [9.17, 15) is 19.7 Å². The van der Waals surface area contributed by atoms with Gasteiger partial charge in [-0.2, -0.15) is 0 Å². The maximum absolute atomic E-state index is 12.2. The summed E-state index contributed by atoms with van der Waals surface area (Å²) in [7, 11) is 0. The highest BCUT2D eigenvalue weighted by Crippen LogP contribution is 2.28. The number of ether oxygens (including phenoxy) is 1. The van der Waals surface area contributed by atoms with Gasteiger partial charge < -0.3 is 15.4 Å². The quantitative estimate of drug-likeness (QED) is 0.302. The number of amides is 1. The van der Waals surface area contributed by atoms with Crippen LogP contribution in [-0.4, -0.2) is 30.0 Å². The molecule has 0 aliphatic rings. The van der Waals surface area contributed by atoms with E-state index in [0.717, 1.165) is 0 Å². The second kappa shape index (κ2) is 9.91. The number of para-hydroxylation sites is 1. The van der Waals surface area contributed by atoms with Crippen LogP contribution in [0, 0.1) is 10.1 Å². The Balaban J connectivity index is 2.01. The highest BCUT2D eigenvalue weighted by Gasteiger charge is 2.17. The van der Waals surface area contributed by atoms with Crippen molar-refractivity contribution in [2.24, 2.45) is 0 Å². The number of anilines is 2. The van der Waals surface area contributed by atoms with E-state index in [2.05, 4.69) is 10.6 Å². The normalized spacial score (nSPS) is 10.1. The lowest BCUT2D eigenvalue weighted by Crippen LogP contribution is -2.25. The summed E-state index contributed by atoms with van der Waals surface area (Å²) in [6.45, 7) is 2.32. The van der Waals surface area contributed by atoms with Crippen molar-refractivity contribution in [2.45, 2.75) is 19.8 Å². The van der Waals surface area contributed by atoms with Gasteiger partial charge in [-0.1, -0.05) is 18.2 Å². The molecule has 0 saturated carbocycles. The Hall–Kier alpha value is -3.42. The summed E-state index contributed by atoms with van der Waals surface area (Å²) in [6.07, 6.45) is 0.633. The molecule has 0 aliphatic carbocycles. The van der Waals surface area contributed by atoms with E-state index in [1.165, 1.54) is 18.2 Å². The van der Waals surface area contributed by atoms with Crippen LogP contribution in [0.4, 0.5) is 17.1 Å². The van der Waals surface area contributed by atoms with Gasteiger partial charge in [-0.25, -0.2) is 0 Å². The Morgan fingerprint density at radius 3 is 2.56 bits per heavy atom. The van der Waals surface area contributed by atoms with E-state index in [1.54, 1.807) is 19.1 Å². The number of nitro benzene ring substituents is 1. The number of hydrogen-bond donors (Lipinski definition) is 2. The number of nitrogens with zero attached hydrogens (tertiary/aromatic N) is 1. The van der Waals surface area contributed by atoms with Crippen molar-refractivity contribution in [1.82, 2.24) is 5.32 Å². The molecule has 8 nitrogen and oxygen atoms in total. The second-order valence-electron chi connectivity index (χ2n) is 5.64. The van der Waals surface area contributed by atoms with Crippen LogP contribution in [0.25, 0.3) is 0 Å². The molecule has 0 heterocycles. The molecule has 0 fully saturated rings. The van der Waals surface area contributed by atoms with Crippen LogP contribution in [-0.2, 0) is 9.53 Å². The van der Waals surface area contributed by atoms with Gasteiger partial charge in [0.2, 0.25) is 0 Å². The van der Waals surface area contributed by atoms with Gasteiger partial charge in [0.25, 0.3) is 11.6 Å². The fourth-order valence-electron chi connectivity index (χ4n) is 2.38. The predicted molar refractivity (Wildman–Crippen MR) is 101 cm³/mol. The first-order valence-corrected chi connectivity index (χ1v) is 8.55. The van der Waals surface area contributed by atoms with Crippen LogP contribution >= 0.6 is 0 Å². The Morgan fingerprint density at radius 1 is 1.15 bits per heavy atom. The summed E-state index contributed by atoms with van der Waals surface area (Å²) in [6, 6.07) is 13.3. The molecule has 2 aromatic rings. The third-order valence-corrected chi connectivity index (χ3v) is 3.66. The van der Waals surface area contributed by atoms with Gasteiger partial charge in [0.1, 0.15) is 5.69 Å². The average molecular weight is 371 g/mol. The number of nitrogens with one attached hydrogen (secondary N) is 2. The fraction of sp³-hybridized carbons (Fsp3) is 0.263. The molecule has 0 spiro atoms. The van der Waals surface area contributed by atoms with E-state index in [0.29, 0.717) is 24.4 Å². The van der Waals surface area contributed by atoms with Crippen molar-refractivity contribution in [3.63, 3.8) is 0 Å². The van der Waals surface area contributed by atoms with Crippen LogP contribution in [0.1, 0.15) is 30.1 Å². The third-order valence-electron chi connectivity index (χ3n) is 3.66. The van der Waals surface area contributed by atoms with Crippen LogP contribution in [0.15, 0.2) is 48.5 Å². The minimum absolute atomic E-state index is 0.177. The summed E-state index contributed by atoms with van der Waals surface area (Å²) < 4.78 is 4.80. The molecule has 1 amide bonds. The Bertz CT molecular complexity index is 808. The molecular formula is C19H21N3O5. The molecule has 0 unspecified atom stereocenters. The molecule has 142 valence electrons. The van der Waals surface area contributed by atoms with Crippen LogP contribution in [0.2, 0.25) is 0 Å². The molecule has 0 saturated heterocycles. The van der Waals surface area contributed by atoms with Crippen molar-refractivity contribution in [2.75, 3.05) is 18.5 Å². The van der Waals surface area contributed by atoms with Crippen LogP contribution in [0.5, 0.6) is 0 Å². The first-order valence-electron chi connectivity index (χ1n) is 8.55. The van der Waals surface area contributed by atoms with E-state index >= 15 is 0 Å². The molecule has 2 rings (SSSR count). The molecule has 0 radical (unpaired) electrons. The summed E-state index contributed by atoms with van der Waals surface area (Å²) in [5.41, 5.74) is 0.983. The maximum Gasteiger partial charge on any atom is 0.305 e. The lowest BCUT2D eigenvalue weighted by Gasteiger charge is -2.09. The zero-order valence-corrected chi connectivity index (χ0v) is 14.9. The first kappa shape index (κ1) is 19.9. The smallest absolute Gasteiger partial charge is 0.305 e. The van der Waals surface area contributed by atoms with Crippen molar-refractivity contribution in [3.8, 4) is 0 Å². The molecule has 0 atom stereocenters. The molecule has 2 N–H and O–H groups in total.